The third kappa shape index (κ3) is 13.9. The summed E-state index contributed by atoms with van der Waals surface area (Å²) in [6.07, 6.45) is 22.6. The lowest BCUT2D eigenvalue weighted by Gasteiger charge is -2.04. The first-order chi connectivity index (χ1) is 12.8. The van der Waals surface area contributed by atoms with Crippen LogP contribution in [0.5, 0.6) is 0 Å². The molecule has 0 bridgehead atoms. The predicted octanol–water partition coefficient (Wildman–Crippen LogP) is 8.30. The van der Waals surface area contributed by atoms with Crippen LogP contribution >= 0.6 is 0 Å². The van der Waals surface area contributed by atoms with Crippen LogP contribution in [0.15, 0.2) is 24.3 Å². The van der Waals surface area contributed by atoms with Crippen LogP contribution in [0.3, 0.4) is 0 Å². The Labute approximate surface area is 163 Å². The molecular formula is C25H41N. The molecule has 1 nitrogen and oxygen atoms in total. The third-order valence-electron chi connectivity index (χ3n) is 5.37. The van der Waals surface area contributed by atoms with E-state index in [9.17, 15) is 0 Å². The topological polar surface area (TPSA) is 23.8 Å². The summed E-state index contributed by atoms with van der Waals surface area (Å²) in [5.74, 6) is 0. The molecule has 0 saturated heterocycles. The van der Waals surface area contributed by atoms with E-state index in [4.69, 9.17) is 5.26 Å². The first-order valence-corrected chi connectivity index (χ1v) is 11.3. The summed E-state index contributed by atoms with van der Waals surface area (Å²) in [7, 11) is 0. The first-order valence-electron chi connectivity index (χ1n) is 11.3. The lowest BCUT2D eigenvalue weighted by molar-refractivity contribution is 0.531. The number of unbranched alkanes of at least 4 members (excludes halogenated alkanes) is 15. The largest absolute Gasteiger partial charge is 0.198 e. The summed E-state index contributed by atoms with van der Waals surface area (Å²) in [6.45, 7) is 2.16. The van der Waals surface area contributed by atoms with Crippen molar-refractivity contribution in [2.24, 2.45) is 0 Å². The molecule has 0 unspecified atom stereocenters. The van der Waals surface area contributed by atoms with Crippen molar-refractivity contribution in [2.75, 3.05) is 0 Å². The van der Waals surface area contributed by atoms with E-state index in [1.54, 1.807) is 0 Å². The number of hydrogen-bond acceptors (Lipinski definition) is 1. The second kappa shape index (κ2) is 17.1. The van der Waals surface area contributed by atoms with Gasteiger partial charge < -0.3 is 0 Å². The Morgan fingerprint density at radius 2 is 0.962 bits per heavy atom. The normalized spacial score (nSPS) is 10.8. The minimum atomic E-state index is 0.743. The van der Waals surface area contributed by atoms with Gasteiger partial charge in [-0.1, -0.05) is 113 Å². The van der Waals surface area contributed by atoms with Gasteiger partial charge in [0.25, 0.3) is 0 Å². The highest BCUT2D eigenvalue weighted by molar-refractivity contribution is 5.21. The summed E-state index contributed by atoms with van der Waals surface area (Å²) >= 11 is 0. The van der Waals surface area contributed by atoms with Crippen molar-refractivity contribution in [3.63, 3.8) is 0 Å². The van der Waals surface area contributed by atoms with Crippen LogP contribution in [0, 0.1) is 18.3 Å². The molecule has 0 heterocycles. The zero-order valence-electron chi connectivity index (χ0n) is 17.3. The maximum atomic E-state index is 8.48. The molecule has 26 heavy (non-hydrogen) atoms. The van der Waals surface area contributed by atoms with Gasteiger partial charge in [0.05, 0.1) is 6.07 Å². The molecule has 0 N–H and O–H groups in total. The maximum Gasteiger partial charge on any atom is 0.0621 e. The molecule has 0 fully saturated rings. The second-order valence-electron chi connectivity index (χ2n) is 7.95. The van der Waals surface area contributed by atoms with Crippen molar-refractivity contribution >= 4 is 0 Å². The first kappa shape index (κ1) is 22.8. The van der Waals surface area contributed by atoms with E-state index in [2.05, 4.69) is 37.3 Å². The Balaban J connectivity index is 1.73. The highest BCUT2D eigenvalue weighted by atomic mass is 14.2. The zero-order chi connectivity index (χ0) is 18.7. The molecule has 0 amide bonds. The fourth-order valence-electron chi connectivity index (χ4n) is 3.59. The Morgan fingerprint density at radius 1 is 0.577 bits per heavy atom. The average molecular weight is 356 g/mol. The number of nitriles is 1. The van der Waals surface area contributed by atoms with Crippen LogP contribution < -0.4 is 0 Å². The van der Waals surface area contributed by atoms with Gasteiger partial charge in [0.1, 0.15) is 0 Å². The summed E-state index contributed by atoms with van der Waals surface area (Å²) in [6, 6.07) is 11.2. The quantitative estimate of drug-likeness (QED) is 0.258. The molecule has 0 aliphatic heterocycles. The highest BCUT2D eigenvalue weighted by Crippen LogP contribution is 2.14. The van der Waals surface area contributed by atoms with Crippen LogP contribution in [-0.2, 0) is 6.42 Å². The minimum absolute atomic E-state index is 0.743. The van der Waals surface area contributed by atoms with E-state index in [0.29, 0.717) is 0 Å². The van der Waals surface area contributed by atoms with Crippen LogP contribution in [0.4, 0.5) is 0 Å². The van der Waals surface area contributed by atoms with Crippen molar-refractivity contribution in [3.8, 4) is 6.07 Å². The van der Waals surface area contributed by atoms with Gasteiger partial charge >= 0.3 is 0 Å². The van der Waals surface area contributed by atoms with Crippen molar-refractivity contribution < 1.29 is 0 Å². The lowest BCUT2D eigenvalue weighted by Crippen LogP contribution is -1.87. The fourth-order valence-corrected chi connectivity index (χ4v) is 3.59. The van der Waals surface area contributed by atoms with Crippen molar-refractivity contribution in [1.29, 1.82) is 5.26 Å². The molecule has 146 valence electrons. The molecule has 0 saturated carbocycles. The van der Waals surface area contributed by atoms with Gasteiger partial charge in [0.15, 0.2) is 0 Å². The number of benzene rings is 1. The molecule has 1 aromatic rings. The summed E-state index contributed by atoms with van der Waals surface area (Å²) in [5.41, 5.74) is 2.86. The van der Waals surface area contributed by atoms with E-state index in [1.807, 2.05) is 0 Å². The van der Waals surface area contributed by atoms with Crippen LogP contribution in [0.25, 0.3) is 0 Å². The molecule has 0 atom stereocenters. The Hall–Kier alpha value is -1.29. The third-order valence-corrected chi connectivity index (χ3v) is 5.37. The minimum Gasteiger partial charge on any atom is -0.198 e. The van der Waals surface area contributed by atoms with E-state index in [0.717, 1.165) is 12.8 Å². The molecule has 0 spiro atoms. The standard InChI is InChI=1S/C25H41N/c1-24-19-21-25(22-20-24)18-16-14-12-10-8-6-4-2-3-5-7-9-11-13-15-17-23-26/h19-22H,2-18H2,1H3. The number of rotatable bonds is 17. The SMILES string of the molecule is Cc1ccc(CCCCCCCCCCCCCCCCCC#N)cc1. The monoisotopic (exact) mass is 355 g/mol. The number of aryl methyl sites for hydroxylation is 2. The van der Waals surface area contributed by atoms with E-state index in [1.165, 1.54) is 107 Å². The molecule has 1 rings (SSSR count). The van der Waals surface area contributed by atoms with Gasteiger partial charge in [-0.2, -0.15) is 5.26 Å². The fraction of sp³-hybridized carbons (Fsp3) is 0.720. The molecule has 1 heteroatoms. The van der Waals surface area contributed by atoms with Crippen LogP contribution in [0.1, 0.15) is 114 Å². The molecule has 0 radical (unpaired) electrons. The van der Waals surface area contributed by atoms with E-state index < -0.39 is 0 Å². The van der Waals surface area contributed by atoms with E-state index in [-0.39, 0.29) is 0 Å². The van der Waals surface area contributed by atoms with Crippen molar-refractivity contribution in [2.45, 2.75) is 116 Å². The molecule has 1 aromatic carbocycles. The summed E-state index contributed by atoms with van der Waals surface area (Å²) in [4.78, 5) is 0. The maximum absolute atomic E-state index is 8.48. The van der Waals surface area contributed by atoms with Gasteiger partial charge in [-0.05, 0) is 31.7 Å². The Bertz CT molecular complexity index is 454. The number of nitrogens with zero attached hydrogens (tertiary/aromatic N) is 1. The summed E-state index contributed by atoms with van der Waals surface area (Å²) < 4.78 is 0. The highest BCUT2D eigenvalue weighted by Gasteiger charge is 1.96. The second-order valence-corrected chi connectivity index (χ2v) is 7.95. The van der Waals surface area contributed by atoms with Gasteiger partial charge in [0, 0.05) is 6.42 Å². The predicted molar refractivity (Wildman–Crippen MR) is 114 cm³/mol. The smallest absolute Gasteiger partial charge is 0.0621 e. The molecule has 0 aliphatic rings. The number of hydrogen-bond donors (Lipinski definition) is 0. The van der Waals surface area contributed by atoms with Gasteiger partial charge in [0.2, 0.25) is 0 Å². The summed E-state index contributed by atoms with van der Waals surface area (Å²) in [5, 5.41) is 8.48. The van der Waals surface area contributed by atoms with Crippen molar-refractivity contribution in [3.05, 3.63) is 35.4 Å². The average Bonchev–Trinajstić information content (AvgIpc) is 2.66. The van der Waals surface area contributed by atoms with Gasteiger partial charge in [-0.3, -0.25) is 0 Å². The van der Waals surface area contributed by atoms with Crippen LogP contribution in [0.2, 0.25) is 0 Å². The zero-order valence-corrected chi connectivity index (χ0v) is 17.3. The molecular weight excluding hydrogens is 314 g/mol. The van der Waals surface area contributed by atoms with Crippen molar-refractivity contribution in [1.82, 2.24) is 0 Å². The van der Waals surface area contributed by atoms with Gasteiger partial charge in [-0.25, -0.2) is 0 Å². The van der Waals surface area contributed by atoms with Gasteiger partial charge in [-0.15, -0.1) is 0 Å². The van der Waals surface area contributed by atoms with Crippen LogP contribution in [-0.4, -0.2) is 0 Å². The molecule has 0 aromatic heterocycles. The molecule has 0 aliphatic carbocycles. The van der Waals surface area contributed by atoms with E-state index >= 15 is 0 Å². The lowest BCUT2D eigenvalue weighted by atomic mass is 10.0. The Kier molecular flexibility index (Phi) is 15.0. The Morgan fingerprint density at radius 3 is 1.38 bits per heavy atom.